The highest BCUT2D eigenvalue weighted by Crippen LogP contribution is 2.27. The summed E-state index contributed by atoms with van der Waals surface area (Å²) in [5.41, 5.74) is 1.23. The number of hydrogen-bond acceptors (Lipinski definition) is 5. The molecule has 1 aliphatic rings. The first-order valence-electron chi connectivity index (χ1n) is 7.69. The van der Waals surface area contributed by atoms with Crippen molar-refractivity contribution in [3.63, 3.8) is 0 Å². The molecule has 0 saturated heterocycles. The average molecular weight is 325 g/mol. The average Bonchev–Trinajstić information content (AvgIpc) is 2.75. The lowest BCUT2D eigenvalue weighted by molar-refractivity contribution is 0.653. The minimum absolute atomic E-state index is 0.00151. The van der Waals surface area contributed by atoms with Crippen LogP contribution in [0.25, 0.3) is 0 Å². The lowest BCUT2D eigenvalue weighted by atomic mass is 10.1. The van der Waals surface area contributed by atoms with Gasteiger partial charge < -0.3 is 9.80 Å². The van der Waals surface area contributed by atoms with Crippen LogP contribution in [0.5, 0.6) is 0 Å². The van der Waals surface area contributed by atoms with E-state index in [1.165, 1.54) is 11.6 Å². The van der Waals surface area contributed by atoms with Gasteiger partial charge >= 0.3 is 5.69 Å². The Morgan fingerprint density at radius 1 is 1.04 bits per heavy atom. The van der Waals surface area contributed by atoms with Gasteiger partial charge in [-0.3, -0.25) is 13.9 Å². The van der Waals surface area contributed by atoms with Crippen molar-refractivity contribution < 1.29 is 0 Å². The number of likely N-dealkylation sites (N-methyl/N-ethyl adjacent to an activating group) is 1. The molecule has 2 aromatic rings. The Labute approximate surface area is 139 Å². The van der Waals surface area contributed by atoms with Crippen LogP contribution in [-0.4, -0.2) is 29.3 Å². The van der Waals surface area contributed by atoms with E-state index < -0.39 is 11.2 Å². The first kappa shape index (κ1) is 15.9. The van der Waals surface area contributed by atoms with E-state index in [0.29, 0.717) is 18.9 Å². The molecule has 0 saturated carbocycles. The number of fused-ring (bicyclic) bond motifs is 1. The highest BCUT2D eigenvalue weighted by molar-refractivity contribution is 5.60. The smallest absolute Gasteiger partial charge is 0.332 e. The normalized spacial score (nSPS) is 14.1. The Morgan fingerprint density at radius 3 is 2.46 bits per heavy atom. The van der Waals surface area contributed by atoms with Crippen molar-refractivity contribution in [2.75, 3.05) is 29.9 Å². The zero-order valence-electron chi connectivity index (χ0n) is 14.0. The molecule has 0 fully saturated rings. The fourth-order valence-corrected chi connectivity index (χ4v) is 3.18. The van der Waals surface area contributed by atoms with Crippen LogP contribution in [0.3, 0.4) is 0 Å². The molecular weight excluding hydrogens is 306 g/mol. The highest BCUT2D eigenvalue weighted by Gasteiger charge is 2.24. The monoisotopic (exact) mass is 325 g/mol. The Hall–Kier alpha value is -3.01. The van der Waals surface area contributed by atoms with Crippen molar-refractivity contribution in [3.05, 3.63) is 56.2 Å². The molecule has 3 rings (SSSR count). The summed E-state index contributed by atoms with van der Waals surface area (Å²) in [6, 6.07) is 10.00. The Morgan fingerprint density at radius 2 is 1.75 bits per heavy atom. The number of rotatable bonds is 1. The number of nitrogens with zero attached hydrogens (tertiary/aromatic N) is 5. The molecule has 0 radical (unpaired) electrons. The number of aromatic nitrogens is 2. The molecule has 0 aliphatic carbocycles. The minimum Gasteiger partial charge on any atom is -0.373 e. The predicted molar refractivity (Wildman–Crippen MR) is 92.4 cm³/mol. The lowest BCUT2D eigenvalue weighted by Gasteiger charge is -2.26. The third-order valence-electron chi connectivity index (χ3n) is 4.51. The Balaban J connectivity index is 2.19. The van der Waals surface area contributed by atoms with E-state index >= 15 is 0 Å². The van der Waals surface area contributed by atoms with Gasteiger partial charge in [-0.15, -0.1) is 0 Å². The molecule has 24 heavy (non-hydrogen) atoms. The van der Waals surface area contributed by atoms with Gasteiger partial charge in [0.1, 0.15) is 11.9 Å². The maximum absolute atomic E-state index is 12.3. The topological polar surface area (TPSA) is 74.3 Å². The summed E-state index contributed by atoms with van der Waals surface area (Å²) in [5.74, 6) is 0.385. The molecule has 0 bridgehead atoms. The van der Waals surface area contributed by atoms with E-state index in [4.69, 9.17) is 0 Å². The van der Waals surface area contributed by atoms with Gasteiger partial charge in [-0.05, 0) is 11.6 Å². The largest absolute Gasteiger partial charge is 0.373 e. The fraction of sp³-hybridized carbons (Fsp3) is 0.353. The van der Waals surface area contributed by atoms with Crippen LogP contribution in [0.2, 0.25) is 0 Å². The lowest BCUT2D eigenvalue weighted by Crippen LogP contribution is -2.43. The van der Waals surface area contributed by atoms with Crippen LogP contribution >= 0.6 is 0 Å². The van der Waals surface area contributed by atoms with Crippen LogP contribution < -0.4 is 21.0 Å². The summed E-state index contributed by atoms with van der Waals surface area (Å²) in [7, 11) is 5.00. The van der Waals surface area contributed by atoms with Gasteiger partial charge in [0.2, 0.25) is 0 Å². The summed E-state index contributed by atoms with van der Waals surface area (Å²) in [6.45, 7) is 1.88. The molecule has 2 heterocycles. The molecule has 0 unspecified atom stereocenters. The quantitative estimate of drug-likeness (QED) is 0.759. The summed E-state index contributed by atoms with van der Waals surface area (Å²) < 4.78 is 2.35. The summed E-state index contributed by atoms with van der Waals surface area (Å²) in [4.78, 5) is 28.7. The van der Waals surface area contributed by atoms with Crippen molar-refractivity contribution >= 4 is 11.5 Å². The molecule has 1 aromatic heterocycles. The molecule has 7 heteroatoms. The fourth-order valence-electron chi connectivity index (χ4n) is 3.18. The van der Waals surface area contributed by atoms with Crippen LogP contribution in [0, 0.1) is 11.3 Å². The van der Waals surface area contributed by atoms with E-state index in [-0.39, 0.29) is 5.56 Å². The highest BCUT2D eigenvalue weighted by atomic mass is 16.2. The molecule has 7 nitrogen and oxygen atoms in total. The van der Waals surface area contributed by atoms with Gasteiger partial charge in [0.05, 0.1) is 0 Å². The van der Waals surface area contributed by atoms with Crippen molar-refractivity contribution in [2.45, 2.75) is 6.54 Å². The number of hydrogen-bond donors (Lipinski definition) is 0. The van der Waals surface area contributed by atoms with Crippen LogP contribution in [-0.2, 0) is 20.6 Å². The van der Waals surface area contributed by atoms with Gasteiger partial charge in [0.25, 0.3) is 5.56 Å². The van der Waals surface area contributed by atoms with Gasteiger partial charge in [-0.2, -0.15) is 5.26 Å². The third-order valence-corrected chi connectivity index (χ3v) is 4.51. The van der Waals surface area contributed by atoms with Gasteiger partial charge in [0.15, 0.2) is 5.56 Å². The predicted octanol–water partition coefficient (Wildman–Crippen LogP) is 0.412. The molecule has 1 aromatic carbocycles. The van der Waals surface area contributed by atoms with Crippen molar-refractivity contribution in [3.8, 4) is 6.07 Å². The first-order chi connectivity index (χ1) is 11.5. The molecule has 0 amide bonds. The molecule has 0 spiro atoms. The van der Waals surface area contributed by atoms with Crippen molar-refractivity contribution in [1.29, 1.82) is 5.26 Å². The van der Waals surface area contributed by atoms with E-state index in [1.807, 2.05) is 42.3 Å². The van der Waals surface area contributed by atoms with Gasteiger partial charge in [-0.1, -0.05) is 18.2 Å². The second kappa shape index (κ2) is 5.89. The Bertz CT molecular complexity index is 951. The summed E-state index contributed by atoms with van der Waals surface area (Å²) >= 11 is 0. The number of nitriles is 1. The van der Waals surface area contributed by atoms with Gasteiger partial charge in [0, 0.05) is 46.5 Å². The maximum Gasteiger partial charge on any atom is 0.332 e. The SMILES string of the molecule is CN1CCN(c2c(C#N)c(=O)n(C)c(=O)n2C)Cc2ccccc21. The maximum atomic E-state index is 12.3. The molecule has 0 atom stereocenters. The van der Waals surface area contributed by atoms with E-state index in [2.05, 4.69) is 4.90 Å². The zero-order chi connectivity index (χ0) is 17.4. The summed E-state index contributed by atoms with van der Waals surface area (Å²) in [5, 5.41) is 9.47. The first-order valence-corrected chi connectivity index (χ1v) is 7.69. The molecule has 1 aliphatic heterocycles. The molecule has 124 valence electrons. The van der Waals surface area contributed by atoms with Gasteiger partial charge in [-0.25, -0.2) is 4.79 Å². The number of para-hydroxylation sites is 1. The van der Waals surface area contributed by atoms with Crippen LogP contribution in [0.4, 0.5) is 11.5 Å². The van der Waals surface area contributed by atoms with E-state index in [9.17, 15) is 14.9 Å². The van der Waals surface area contributed by atoms with Crippen LogP contribution in [0.1, 0.15) is 11.1 Å². The summed E-state index contributed by atoms with van der Waals surface area (Å²) in [6.07, 6.45) is 0. The molecule has 0 N–H and O–H groups in total. The zero-order valence-corrected chi connectivity index (χ0v) is 14.0. The number of anilines is 2. The van der Waals surface area contributed by atoms with Crippen molar-refractivity contribution in [2.24, 2.45) is 14.1 Å². The second-order valence-electron chi connectivity index (χ2n) is 5.99. The second-order valence-corrected chi connectivity index (χ2v) is 5.99. The van der Waals surface area contributed by atoms with E-state index in [0.717, 1.165) is 22.4 Å². The van der Waals surface area contributed by atoms with Crippen molar-refractivity contribution in [1.82, 2.24) is 9.13 Å². The number of benzene rings is 1. The Kier molecular flexibility index (Phi) is 3.89. The minimum atomic E-state index is -0.554. The van der Waals surface area contributed by atoms with Crippen LogP contribution in [0.15, 0.2) is 33.9 Å². The third kappa shape index (κ3) is 2.36. The van der Waals surface area contributed by atoms with E-state index in [1.54, 1.807) is 7.05 Å². The standard InChI is InChI=1S/C17H19N5O2/c1-19-8-9-22(11-12-6-4-5-7-14(12)19)15-13(10-18)16(23)21(3)17(24)20(15)2/h4-7H,8-9,11H2,1-3H3. The molecular formula is C17H19N5O2.